The first-order chi connectivity index (χ1) is 11.5. The molecule has 0 aromatic heterocycles. The molecule has 0 aromatic rings. The molecule has 4 fully saturated rings. The van der Waals surface area contributed by atoms with Crippen LogP contribution in [0.25, 0.3) is 0 Å². The van der Waals surface area contributed by atoms with Crippen molar-refractivity contribution < 1.29 is 14.7 Å². The van der Waals surface area contributed by atoms with Gasteiger partial charge in [-0.05, 0) is 43.6 Å². The quantitative estimate of drug-likeness (QED) is 0.729. The highest BCUT2D eigenvalue weighted by atomic mass is 16.4. The lowest BCUT2D eigenvalue weighted by molar-refractivity contribution is -0.140. The van der Waals surface area contributed by atoms with E-state index in [0.29, 0.717) is 30.8 Å². The Bertz CT molecular complexity index is 533. The second kappa shape index (κ2) is 7.14. The van der Waals surface area contributed by atoms with Gasteiger partial charge in [-0.1, -0.05) is 12.8 Å². The van der Waals surface area contributed by atoms with Crippen LogP contribution in [0, 0.1) is 29.6 Å². The second-order valence-corrected chi connectivity index (χ2v) is 7.96. The van der Waals surface area contributed by atoms with Crippen molar-refractivity contribution >= 4 is 11.9 Å². The Morgan fingerprint density at radius 3 is 2.62 bits per heavy atom. The van der Waals surface area contributed by atoms with Gasteiger partial charge in [-0.2, -0.15) is 0 Å². The standard InChI is InChI=1S/C19H28N2O3/c1-2-14-13-21-8-5-15(14)9-16(21)12-20-17(22)10-19(11-18(23)24)6-3-4-7-19/h1,14-16H,3-13H2,(H,20,22)(H,23,24). The van der Waals surface area contributed by atoms with E-state index in [0.717, 1.165) is 45.2 Å². The monoisotopic (exact) mass is 332 g/mol. The fraction of sp³-hybridized carbons (Fsp3) is 0.789. The van der Waals surface area contributed by atoms with E-state index < -0.39 is 5.97 Å². The van der Waals surface area contributed by atoms with Gasteiger partial charge in [0.2, 0.25) is 5.91 Å². The molecule has 1 aliphatic carbocycles. The number of aliphatic carboxylic acids is 1. The molecule has 0 spiro atoms. The molecule has 4 rings (SSSR count). The first-order valence-electron chi connectivity index (χ1n) is 9.20. The minimum Gasteiger partial charge on any atom is -0.481 e. The van der Waals surface area contributed by atoms with E-state index in [1.165, 1.54) is 6.42 Å². The SMILES string of the molecule is C#CC1CN2CCC1CC2CNC(=O)CC1(CC(=O)O)CCCC1. The minimum atomic E-state index is -0.791. The van der Waals surface area contributed by atoms with Gasteiger partial charge in [0.1, 0.15) is 0 Å². The summed E-state index contributed by atoms with van der Waals surface area (Å²) in [5.74, 6) is 3.08. The summed E-state index contributed by atoms with van der Waals surface area (Å²) in [5, 5.41) is 12.2. The third-order valence-electron chi connectivity index (χ3n) is 6.35. The summed E-state index contributed by atoms with van der Waals surface area (Å²) in [4.78, 5) is 25.9. The molecule has 132 valence electrons. The van der Waals surface area contributed by atoms with Crippen LogP contribution in [-0.2, 0) is 9.59 Å². The Morgan fingerprint density at radius 2 is 2.04 bits per heavy atom. The number of piperidine rings is 3. The normalized spacial score (nSPS) is 33.8. The van der Waals surface area contributed by atoms with E-state index in [-0.39, 0.29) is 17.7 Å². The van der Waals surface area contributed by atoms with Gasteiger partial charge < -0.3 is 10.4 Å². The lowest BCUT2D eigenvalue weighted by Gasteiger charge is -2.48. The Balaban J connectivity index is 1.49. The Kier molecular flexibility index (Phi) is 5.15. The smallest absolute Gasteiger partial charge is 0.303 e. The van der Waals surface area contributed by atoms with Crippen LogP contribution in [-0.4, -0.2) is 47.6 Å². The van der Waals surface area contributed by atoms with Crippen molar-refractivity contribution in [3.05, 3.63) is 0 Å². The number of rotatable bonds is 6. The van der Waals surface area contributed by atoms with Gasteiger partial charge in [0.05, 0.1) is 6.42 Å². The minimum absolute atomic E-state index is 0.00861. The molecule has 2 N–H and O–H groups in total. The van der Waals surface area contributed by atoms with Crippen LogP contribution >= 0.6 is 0 Å². The van der Waals surface area contributed by atoms with Crippen molar-refractivity contribution in [2.45, 2.75) is 57.4 Å². The maximum atomic E-state index is 12.4. The van der Waals surface area contributed by atoms with Crippen molar-refractivity contribution in [2.75, 3.05) is 19.6 Å². The van der Waals surface area contributed by atoms with Crippen LogP contribution in [0.4, 0.5) is 0 Å². The number of carbonyl (C=O) groups excluding carboxylic acids is 1. The zero-order chi connectivity index (χ0) is 17.2. The van der Waals surface area contributed by atoms with Crippen LogP contribution < -0.4 is 5.32 Å². The molecular formula is C19H28N2O3. The largest absolute Gasteiger partial charge is 0.481 e. The maximum Gasteiger partial charge on any atom is 0.303 e. The van der Waals surface area contributed by atoms with Gasteiger partial charge in [0, 0.05) is 31.5 Å². The fourth-order valence-corrected chi connectivity index (χ4v) is 5.04. The van der Waals surface area contributed by atoms with Gasteiger partial charge in [0.25, 0.3) is 0 Å². The molecule has 3 heterocycles. The van der Waals surface area contributed by atoms with E-state index >= 15 is 0 Å². The number of carboxylic acid groups (broad SMARTS) is 1. The summed E-state index contributed by atoms with van der Waals surface area (Å²) in [6.07, 6.45) is 12.1. The molecule has 3 saturated heterocycles. The van der Waals surface area contributed by atoms with E-state index in [4.69, 9.17) is 11.5 Å². The van der Waals surface area contributed by atoms with Crippen molar-refractivity contribution in [1.82, 2.24) is 10.2 Å². The fourth-order valence-electron chi connectivity index (χ4n) is 5.04. The molecule has 2 bridgehead atoms. The average molecular weight is 332 g/mol. The van der Waals surface area contributed by atoms with Crippen LogP contribution in [0.2, 0.25) is 0 Å². The summed E-state index contributed by atoms with van der Waals surface area (Å²) in [6.45, 7) is 2.69. The van der Waals surface area contributed by atoms with Crippen LogP contribution in [0.5, 0.6) is 0 Å². The first-order valence-corrected chi connectivity index (χ1v) is 9.20. The summed E-state index contributed by atoms with van der Waals surface area (Å²) >= 11 is 0. The molecule has 1 saturated carbocycles. The molecule has 1 amide bonds. The molecular weight excluding hydrogens is 304 g/mol. The maximum absolute atomic E-state index is 12.4. The second-order valence-electron chi connectivity index (χ2n) is 7.96. The molecule has 5 nitrogen and oxygen atoms in total. The predicted molar refractivity (Wildman–Crippen MR) is 91.2 cm³/mol. The number of nitrogens with one attached hydrogen (secondary N) is 1. The Morgan fingerprint density at radius 1 is 1.29 bits per heavy atom. The Hall–Kier alpha value is -1.54. The third kappa shape index (κ3) is 3.75. The van der Waals surface area contributed by atoms with Gasteiger partial charge in [0.15, 0.2) is 0 Å². The lowest BCUT2D eigenvalue weighted by Crippen LogP contribution is -2.56. The van der Waals surface area contributed by atoms with Gasteiger partial charge in [-0.25, -0.2) is 0 Å². The lowest BCUT2D eigenvalue weighted by atomic mass is 9.76. The number of hydrogen-bond acceptors (Lipinski definition) is 3. The number of carboxylic acids is 1. The van der Waals surface area contributed by atoms with Crippen LogP contribution in [0.15, 0.2) is 0 Å². The molecule has 5 heteroatoms. The van der Waals surface area contributed by atoms with Crippen molar-refractivity contribution in [1.29, 1.82) is 0 Å². The van der Waals surface area contributed by atoms with Crippen molar-refractivity contribution in [2.24, 2.45) is 17.3 Å². The van der Waals surface area contributed by atoms with Crippen molar-refractivity contribution in [3.63, 3.8) is 0 Å². The highest BCUT2D eigenvalue weighted by Gasteiger charge is 2.40. The van der Waals surface area contributed by atoms with Crippen LogP contribution in [0.3, 0.4) is 0 Å². The van der Waals surface area contributed by atoms with E-state index in [1.807, 2.05) is 0 Å². The number of amides is 1. The number of hydrogen-bond donors (Lipinski definition) is 2. The predicted octanol–water partition coefficient (Wildman–Crippen LogP) is 1.87. The molecule has 4 unspecified atom stereocenters. The van der Waals surface area contributed by atoms with Gasteiger partial charge >= 0.3 is 5.97 Å². The first kappa shape index (κ1) is 17.3. The van der Waals surface area contributed by atoms with Crippen LogP contribution in [0.1, 0.15) is 51.4 Å². The molecule has 0 aromatic carbocycles. The van der Waals surface area contributed by atoms with E-state index in [9.17, 15) is 9.59 Å². The van der Waals surface area contributed by atoms with Gasteiger partial charge in [-0.3, -0.25) is 14.5 Å². The molecule has 0 radical (unpaired) electrons. The summed E-state index contributed by atoms with van der Waals surface area (Å²) < 4.78 is 0. The molecule has 4 aliphatic rings. The van der Waals surface area contributed by atoms with E-state index in [1.54, 1.807) is 0 Å². The number of carbonyl (C=O) groups is 2. The highest BCUT2D eigenvalue weighted by Crippen LogP contribution is 2.44. The zero-order valence-corrected chi connectivity index (χ0v) is 14.3. The summed E-state index contributed by atoms with van der Waals surface area (Å²) in [7, 11) is 0. The molecule has 24 heavy (non-hydrogen) atoms. The molecule has 3 aliphatic heterocycles. The highest BCUT2D eigenvalue weighted by molar-refractivity contribution is 5.78. The van der Waals surface area contributed by atoms with Gasteiger partial charge in [-0.15, -0.1) is 12.3 Å². The Labute approximate surface area is 144 Å². The average Bonchev–Trinajstić information content (AvgIpc) is 3.00. The summed E-state index contributed by atoms with van der Waals surface area (Å²) in [6, 6.07) is 0.385. The third-order valence-corrected chi connectivity index (χ3v) is 6.35. The molecule has 4 atom stereocenters. The number of terminal acetylenes is 1. The van der Waals surface area contributed by atoms with E-state index in [2.05, 4.69) is 16.1 Å². The summed E-state index contributed by atoms with van der Waals surface area (Å²) in [5.41, 5.74) is -0.323. The van der Waals surface area contributed by atoms with Crippen molar-refractivity contribution in [3.8, 4) is 12.3 Å². The number of fused-ring (bicyclic) bond motifs is 3. The topological polar surface area (TPSA) is 69.6 Å². The zero-order valence-electron chi connectivity index (χ0n) is 14.3. The number of nitrogens with zero attached hydrogens (tertiary/aromatic N) is 1.